The highest BCUT2D eigenvalue weighted by atomic mass is 16.6. The molecule has 7 nitrogen and oxygen atoms in total. The smallest absolute Gasteiger partial charge is 0.410 e. The van der Waals surface area contributed by atoms with Gasteiger partial charge in [0.1, 0.15) is 12.1 Å². The molecule has 3 amide bonds. The molecule has 0 radical (unpaired) electrons. The number of imide groups is 1. The van der Waals surface area contributed by atoms with Crippen LogP contribution in [0.2, 0.25) is 0 Å². The van der Waals surface area contributed by atoms with Crippen molar-refractivity contribution < 1.29 is 19.1 Å². The van der Waals surface area contributed by atoms with Crippen LogP contribution in [0.3, 0.4) is 0 Å². The van der Waals surface area contributed by atoms with Crippen molar-refractivity contribution in [1.29, 1.82) is 0 Å². The van der Waals surface area contributed by atoms with Gasteiger partial charge in [-0.15, -0.1) is 0 Å². The third-order valence-electron chi connectivity index (χ3n) is 4.52. The van der Waals surface area contributed by atoms with E-state index in [2.05, 4.69) is 0 Å². The first-order chi connectivity index (χ1) is 12.0. The molecule has 1 aliphatic rings. The maximum absolute atomic E-state index is 12.8. The summed E-state index contributed by atoms with van der Waals surface area (Å²) < 4.78 is 5.36. The van der Waals surface area contributed by atoms with E-state index in [0.29, 0.717) is 38.8 Å². The largest absolute Gasteiger partial charge is 0.445 e. The molecular formula is C18H25N3O4. The number of hydrogen-bond acceptors (Lipinski definition) is 5. The van der Waals surface area contributed by atoms with E-state index in [9.17, 15) is 14.4 Å². The van der Waals surface area contributed by atoms with Crippen molar-refractivity contribution >= 4 is 18.4 Å². The molecule has 0 spiro atoms. The van der Waals surface area contributed by atoms with E-state index in [-0.39, 0.29) is 19.1 Å². The number of rotatable bonds is 7. The average Bonchev–Trinajstić information content (AvgIpc) is 3.04. The van der Waals surface area contributed by atoms with Crippen LogP contribution in [0.15, 0.2) is 30.3 Å². The molecule has 1 atom stereocenters. The molecular weight excluding hydrogens is 322 g/mol. The Balaban J connectivity index is 2.04. The summed E-state index contributed by atoms with van der Waals surface area (Å²) in [5.74, 6) is -0.384. The highest BCUT2D eigenvalue weighted by Gasteiger charge is 2.48. The predicted molar refractivity (Wildman–Crippen MR) is 92.4 cm³/mol. The van der Waals surface area contributed by atoms with Gasteiger partial charge in [0.25, 0.3) is 5.91 Å². The first-order valence-electron chi connectivity index (χ1n) is 8.47. The summed E-state index contributed by atoms with van der Waals surface area (Å²) in [5, 5.41) is 0. The second-order valence-corrected chi connectivity index (χ2v) is 6.32. The molecule has 0 aliphatic carbocycles. The normalized spacial score (nSPS) is 19.5. The van der Waals surface area contributed by atoms with Crippen LogP contribution >= 0.6 is 0 Å². The summed E-state index contributed by atoms with van der Waals surface area (Å²) in [6, 6.07) is 9.35. The number of likely N-dealkylation sites (tertiary alicyclic amines) is 1. The quantitative estimate of drug-likeness (QED) is 0.755. The van der Waals surface area contributed by atoms with Crippen molar-refractivity contribution in [2.24, 2.45) is 5.73 Å². The Morgan fingerprint density at radius 2 is 2.08 bits per heavy atom. The minimum absolute atomic E-state index is 0.144. The Bertz CT molecular complexity index is 608. The van der Waals surface area contributed by atoms with Gasteiger partial charge in [0, 0.05) is 13.1 Å². The minimum atomic E-state index is -1.07. The minimum Gasteiger partial charge on any atom is -0.445 e. The molecule has 136 valence electrons. The summed E-state index contributed by atoms with van der Waals surface area (Å²) in [7, 11) is 0. The van der Waals surface area contributed by atoms with Crippen LogP contribution in [0.25, 0.3) is 0 Å². The van der Waals surface area contributed by atoms with Crippen molar-refractivity contribution in [3.05, 3.63) is 35.9 Å². The number of ether oxygens (including phenoxy) is 1. The summed E-state index contributed by atoms with van der Waals surface area (Å²) >= 11 is 0. The lowest BCUT2D eigenvalue weighted by Gasteiger charge is -2.35. The molecule has 7 heteroatoms. The number of hydrogen-bond donors (Lipinski definition) is 1. The summed E-state index contributed by atoms with van der Waals surface area (Å²) in [6.45, 7) is 2.90. The second-order valence-electron chi connectivity index (χ2n) is 6.32. The van der Waals surface area contributed by atoms with Crippen LogP contribution in [-0.2, 0) is 20.9 Å². The third kappa shape index (κ3) is 4.36. The van der Waals surface area contributed by atoms with Gasteiger partial charge >= 0.3 is 6.09 Å². The van der Waals surface area contributed by atoms with E-state index >= 15 is 0 Å². The topological polar surface area (TPSA) is 92.9 Å². The van der Waals surface area contributed by atoms with Crippen molar-refractivity contribution in [2.45, 2.75) is 38.3 Å². The number of amides is 3. The van der Waals surface area contributed by atoms with Gasteiger partial charge in [0.05, 0.1) is 0 Å². The standard InChI is InChI=1S/C18H25N3O4/c1-18(16(23)20(14-22)11-6-10-19)9-5-12-21(18)17(24)25-13-15-7-3-2-4-8-15/h2-4,7-8,14H,5-6,9-13,19H2,1H3. The van der Waals surface area contributed by atoms with Gasteiger partial charge in [-0.05, 0) is 38.3 Å². The van der Waals surface area contributed by atoms with E-state index < -0.39 is 11.6 Å². The molecule has 0 aromatic heterocycles. The Labute approximate surface area is 147 Å². The van der Waals surface area contributed by atoms with Crippen LogP contribution < -0.4 is 5.73 Å². The maximum Gasteiger partial charge on any atom is 0.410 e. The Morgan fingerprint density at radius 3 is 2.72 bits per heavy atom. The number of benzene rings is 1. The van der Waals surface area contributed by atoms with Crippen LogP contribution in [0.5, 0.6) is 0 Å². The third-order valence-corrected chi connectivity index (χ3v) is 4.52. The van der Waals surface area contributed by atoms with E-state index in [1.165, 1.54) is 4.90 Å². The van der Waals surface area contributed by atoms with Crippen molar-refractivity contribution in [3.63, 3.8) is 0 Å². The Hall–Kier alpha value is -2.41. The molecule has 0 saturated carbocycles. The van der Waals surface area contributed by atoms with E-state index in [0.717, 1.165) is 10.5 Å². The Kier molecular flexibility index (Phi) is 6.52. The lowest BCUT2D eigenvalue weighted by atomic mass is 9.97. The molecule has 0 bridgehead atoms. The fraction of sp³-hybridized carbons (Fsp3) is 0.500. The number of carbonyl (C=O) groups is 3. The highest BCUT2D eigenvalue weighted by Crippen LogP contribution is 2.31. The van der Waals surface area contributed by atoms with Crippen molar-refractivity contribution in [3.8, 4) is 0 Å². The van der Waals surface area contributed by atoms with Crippen LogP contribution in [0.1, 0.15) is 31.7 Å². The molecule has 1 aromatic carbocycles. The molecule has 1 fully saturated rings. The molecule has 1 saturated heterocycles. The summed E-state index contributed by atoms with van der Waals surface area (Å²) in [4.78, 5) is 39.1. The van der Waals surface area contributed by atoms with Gasteiger partial charge in [0.15, 0.2) is 0 Å². The van der Waals surface area contributed by atoms with E-state index in [4.69, 9.17) is 10.5 Å². The molecule has 1 heterocycles. The highest BCUT2D eigenvalue weighted by molar-refractivity contribution is 5.95. The number of nitrogens with zero attached hydrogens (tertiary/aromatic N) is 2. The Morgan fingerprint density at radius 1 is 1.36 bits per heavy atom. The lowest BCUT2D eigenvalue weighted by molar-refractivity contribution is -0.146. The van der Waals surface area contributed by atoms with Crippen LogP contribution in [-0.4, -0.2) is 53.4 Å². The summed E-state index contributed by atoms with van der Waals surface area (Å²) in [6.07, 6.45) is 1.68. The van der Waals surface area contributed by atoms with Gasteiger partial charge < -0.3 is 10.5 Å². The molecule has 2 rings (SSSR count). The van der Waals surface area contributed by atoms with Crippen LogP contribution in [0.4, 0.5) is 4.79 Å². The maximum atomic E-state index is 12.8. The number of carbonyl (C=O) groups excluding carboxylic acids is 3. The zero-order valence-electron chi connectivity index (χ0n) is 14.5. The molecule has 25 heavy (non-hydrogen) atoms. The zero-order chi connectivity index (χ0) is 18.3. The van der Waals surface area contributed by atoms with Gasteiger partial charge in [0.2, 0.25) is 6.41 Å². The lowest BCUT2D eigenvalue weighted by Crippen LogP contribution is -2.56. The first kappa shape index (κ1) is 18.9. The molecule has 1 aromatic rings. The van der Waals surface area contributed by atoms with Crippen molar-refractivity contribution in [1.82, 2.24) is 9.80 Å². The fourth-order valence-electron chi connectivity index (χ4n) is 3.05. The monoisotopic (exact) mass is 347 g/mol. The summed E-state index contributed by atoms with van der Waals surface area (Å²) in [5.41, 5.74) is 5.26. The van der Waals surface area contributed by atoms with Crippen molar-refractivity contribution in [2.75, 3.05) is 19.6 Å². The van der Waals surface area contributed by atoms with Gasteiger partial charge in [-0.2, -0.15) is 0 Å². The molecule has 1 unspecified atom stereocenters. The predicted octanol–water partition coefficient (Wildman–Crippen LogP) is 1.51. The fourth-order valence-corrected chi connectivity index (χ4v) is 3.05. The van der Waals surface area contributed by atoms with E-state index in [1.807, 2.05) is 30.3 Å². The molecule has 1 aliphatic heterocycles. The zero-order valence-corrected chi connectivity index (χ0v) is 14.5. The van der Waals surface area contributed by atoms with Gasteiger partial charge in [-0.3, -0.25) is 19.4 Å². The van der Waals surface area contributed by atoms with Gasteiger partial charge in [-0.1, -0.05) is 30.3 Å². The van der Waals surface area contributed by atoms with Gasteiger partial charge in [-0.25, -0.2) is 4.79 Å². The van der Waals surface area contributed by atoms with E-state index in [1.54, 1.807) is 6.92 Å². The SMILES string of the molecule is CC1(C(=O)N(C=O)CCCN)CCCN1C(=O)OCc1ccccc1. The average molecular weight is 347 g/mol. The first-order valence-corrected chi connectivity index (χ1v) is 8.47. The molecule has 2 N–H and O–H groups in total. The number of nitrogens with two attached hydrogens (primary N) is 1. The second kappa shape index (κ2) is 8.62. The van der Waals surface area contributed by atoms with Crippen LogP contribution in [0, 0.1) is 0 Å².